The van der Waals surface area contributed by atoms with E-state index in [0.717, 1.165) is 0 Å². The maximum absolute atomic E-state index is 12.3. The van der Waals surface area contributed by atoms with Crippen LogP contribution in [0.3, 0.4) is 0 Å². The van der Waals surface area contributed by atoms with Crippen LogP contribution in [0.15, 0.2) is 0 Å². The molecule has 0 saturated heterocycles. The maximum Gasteiger partial charge on any atom is 0.404 e. The first-order valence-electron chi connectivity index (χ1n) is 2.72. The number of hydrogen-bond acceptors (Lipinski definition) is 3. The molecule has 0 aromatic carbocycles. The number of alkyl halides is 1. The van der Waals surface area contributed by atoms with Gasteiger partial charge in [0.2, 0.25) is 0 Å². The van der Waals surface area contributed by atoms with E-state index >= 15 is 0 Å². The average molecular weight is 151 g/mol. The Morgan fingerprint density at radius 3 is 2.70 bits per heavy atom. The highest BCUT2D eigenvalue weighted by atomic mass is 19.1. The summed E-state index contributed by atoms with van der Waals surface area (Å²) in [4.78, 5) is 9.90. The molecule has 1 atom stereocenters. The van der Waals surface area contributed by atoms with E-state index in [-0.39, 0.29) is 13.2 Å². The van der Waals surface area contributed by atoms with Crippen LogP contribution in [0.1, 0.15) is 0 Å². The molecule has 0 fully saturated rings. The van der Waals surface area contributed by atoms with Crippen molar-refractivity contribution >= 4 is 6.09 Å². The van der Waals surface area contributed by atoms with E-state index < -0.39 is 12.3 Å². The highest BCUT2D eigenvalue weighted by Gasteiger charge is 2.06. The van der Waals surface area contributed by atoms with E-state index in [2.05, 4.69) is 15.2 Å². The third-order valence-corrected chi connectivity index (χ3v) is 0.754. The molecule has 10 heavy (non-hydrogen) atoms. The molecule has 0 bridgehead atoms. The van der Waals surface area contributed by atoms with Crippen LogP contribution in [0.2, 0.25) is 0 Å². The molecule has 0 heterocycles. The summed E-state index contributed by atoms with van der Waals surface area (Å²) in [5, 5.41) is 0. The number of halogens is 1. The van der Waals surface area contributed by atoms with E-state index in [4.69, 9.17) is 0 Å². The number of nitrogens with two attached hydrogens (primary N) is 1. The van der Waals surface area contributed by atoms with Crippen LogP contribution in [-0.4, -0.2) is 32.6 Å². The molecule has 2 N–H and O–H groups in total. The van der Waals surface area contributed by atoms with Crippen LogP contribution in [0.25, 0.3) is 0 Å². The zero-order valence-corrected chi connectivity index (χ0v) is 5.67. The molecule has 60 valence electrons. The monoisotopic (exact) mass is 151 g/mol. The lowest BCUT2D eigenvalue weighted by atomic mass is 10.4. The van der Waals surface area contributed by atoms with Gasteiger partial charge in [0.05, 0.1) is 6.61 Å². The van der Waals surface area contributed by atoms with Crippen molar-refractivity contribution in [2.75, 3.05) is 20.3 Å². The maximum atomic E-state index is 12.3. The van der Waals surface area contributed by atoms with Gasteiger partial charge in [-0.25, -0.2) is 9.18 Å². The Morgan fingerprint density at radius 2 is 2.30 bits per heavy atom. The summed E-state index contributed by atoms with van der Waals surface area (Å²) < 4.78 is 20.9. The molecule has 0 spiro atoms. The zero-order chi connectivity index (χ0) is 7.98. The number of amides is 1. The van der Waals surface area contributed by atoms with Gasteiger partial charge in [-0.2, -0.15) is 0 Å². The number of hydrogen-bond donors (Lipinski definition) is 1. The fraction of sp³-hybridized carbons (Fsp3) is 0.800. The lowest BCUT2D eigenvalue weighted by Crippen LogP contribution is -2.22. The van der Waals surface area contributed by atoms with Gasteiger partial charge in [-0.15, -0.1) is 0 Å². The number of carbonyl (C=O) groups excluding carboxylic acids is 1. The molecule has 0 rings (SSSR count). The Labute approximate surface area is 58.1 Å². The first-order chi connectivity index (χ1) is 4.66. The second-order valence-electron chi connectivity index (χ2n) is 1.68. The second-order valence-corrected chi connectivity index (χ2v) is 1.68. The van der Waals surface area contributed by atoms with Gasteiger partial charge < -0.3 is 15.2 Å². The minimum absolute atomic E-state index is 0.0900. The Balaban J connectivity index is 3.21. The lowest BCUT2D eigenvalue weighted by Gasteiger charge is -2.05. The number of primary amides is 1. The fourth-order valence-corrected chi connectivity index (χ4v) is 0.402. The van der Waals surface area contributed by atoms with Crippen molar-refractivity contribution in [3.8, 4) is 0 Å². The van der Waals surface area contributed by atoms with Gasteiger partial charge >= 0.3 is 6.09 Å². The summed E-state index contributed by atoms with van der Waals surface area (Å²) in [5.74, 6) is 0. The first-order valence-corrected chi connectivity index (χ1v) is 2.72. The number of carbonyl (C=O) groups is 1. The molecular formula is C5H10FNO3. The van der Waals surface area contributed by atoms with Crippen LogP contribution >= 0.6 is 0 Å². The number of methoxy groups -OCH3 is 1. The van der Waals surface area contributed by atoms with Crippen LogP contribution in [0.4, 0.5) is 9.18 Å². The summed E-state index contributed by atoms with van der Waals surface area (Å²) in [6, 6.07) is 0. The van der Waals surface area contributed by atoms with Crippen molar-refractivity contribution in [1.29, 1.82) is 0 Å². The molecule has 1 unspecified atom stereocenters. The molecule has 5 heteroatoms. The molecule has 0 aliphatic carbocycles. The third kappa shape index (κ3) is 5.30. The van der Waals surface area contributed by atoms with Crippen LogP contribution in [0, 0.1) is 0 Å². The molecule has 4 nitrogen and oxygen atoms in total. The molecule has 0 aromatic heterocycles. The minimum atomic E-state index is -1.29. The SMILES string of the molecule is COCC(F)COC(N)=O. The standard InChI is InChI=1S/C5H10FNO3/c1-9-2-4(6)3-10-5(7)8/h4H,2-3H2,1H3,(H2,7,8). The normalized spacial score (nSPS) is 12.6. The molecular weight excluding hydrogens is 141 g/mol. The summed E-state index contributed by atoms with van der Waals surface area (Å²) in [6.45, 7) is -0.434. The van der Waals surface area contributed by atoms with E-state index in [1.54, 1.807) is 0 Å². The smallest absolute Gasteiger partial charge is 0.404 e. The quantitative estimate of drug-likeness (QED) is 0.618. The van der Waals surface area contributed by atoms with Crippen molar-refractivity contribution in [3.05, 3.63) is 0 Å². The van der Waals surface area contributed by atoms with Gasteiger partial charge in [-0.1, -0.05) is 0 Å². The highest BCUT2D eigenvalue weighted by Crippen LogP contribution is 1.91. The summed E-state index contributed by atoms with van der Waals surface area (Å²) in [6.07, 6.45) is -2.27. The predicted molar refractivity (Wildman–Crippen MR) is 32.3 cm³/mol. The van der Waals surface area contributed by atoms with Gasteiger partial charge in [0.25, 0.3) is 0 Å². The number of rotatable bonds is 4. The summed E-state index contributed by atoms with van der Waals surface area (Å²) in [7, 11) is 1.36. The Morgan fingerprint density at radius 1 is 1.70 bits per heavy atom. The topological polar surface area (TPSA) is 61.6 Å². The van der Waals surface area contributed by atoms with Crippen LogP contribution in [-0.2, 0) is 9.47 Å². The van der Waals surface area contributed by atoms with Crippen molar-refractivity contribution in [1.82, 2.24) is 0 Å². The largest absolute Gasteiger partial charge is 0.447 e. The Kier molecular flexibility index (Phi) is 4.57. The van der Waals surface area contributed by atoms with E-state index in [1.165, 1.54) is 7.11 Å². The van der Waals surface area contributed by atoms with Crippen LogP contribution < -0.4 is 5.73 Å². The molecule has 0 aliphatic rings. The molecule has 0 saturated carbocycles. The fourth-order valence-electron chi connectivity index (χ4n) is 0.402. The van der Waals surface area contributed by atoms with Crippen molar-refractivity contribution < 1.29 is 18.7 Å². The Bertz CT molecular complexity index is 109. The van der Waals surface area contributed by atoms with E-state index in [0.29, 0.717) is 0 Å². The zero-order valence-electron chi connectivity index (χ0n) is 5.67. The summed E-state index contributed by atoms with van der Waals surface area (Å²) >= 11 is 0. The number of ether oxygens (including phenoxy) is 2. The summed E-state index contributed by atoms with van der Waals surface area (Å²) in [5.41, 5.74) is 4.57. The van der Waals surface area contributed by atoms with Gasteiger partial charge in [-0.3, -0.25) is 0 Å². The molecule has 0 aliphatic heterocycles. The third-order valence-electron chi connectivity index (χ3n) is 0.754. The van der Waals surface area contributed by atoms with Gasteiger partial charge in [0.15, 0.2) is 6.17 Å². The molecule has 0 aromatic rings. The Hall–Kier alpha value is -0.840. The minimum Gasteiger partial charge on any atom is -0.447 e. The molecule has 0 radical (unpaired) electrons. The lowest BCUT2D eigenvalue weighted by molar-refractivity contribution is 0.0674. The second kappa shape index (κ2) is 4.99. The van der Waals surface area contributed by atoms with Crippen LogP contribution in [0.5, 0.6) is 0 Å². The van der Waals surface area contributed by atoms with Gasteiger partial charge in [-0.05, 0) is 0 Å². The van der Waals surface area contributed by atoms with Crippen molar-refractivity contribution in [3.63, 3.8) is 0 Å². The van der Waals surface area contributed by atoms with Crippen molar-refractivity contribution in [2.24, 2.45) is 5.73 Å². The van der Waals surface area contributed by atoms with Crippen molar-refractivity contribution in [2.45, 2.75) is 6.17 Å². The highest BCUT2D eigenvalue weighted by molar-refractivity contribution is 5.64. The predicted octanol–water partition coefficient (Wildman–Crippen LogP) is 0.0662. The first kappa shape index (κ1) is 9.16. The van der Waals surface area contributed by atoms with Gasteiger partial charge in [0, 0.05) is 7.11 Å². The molecule has 1 amide bonds. The average Bonchev–Trinajstić information content (AvgIpc) is 1.85. The van der Waals surface area contributed by atoms with E-state index in [1.807, 2.05) is 0 Å². The van der Waals surface area contributed by atoms with E-state index in [9.17, 15) is 9.18 Å². The van der Waals surface area contributed by atoms with Gasteiger partial charge in [0.1, 0.15) is 6.61 Å².